The van der Waals surface area contributed by atoms with Crippen LogP contribution in [-0.2, 0) is 9.84 Å². The average Bonchev–Trinajstić information content (AvgIpc) is 2.62. The SMILES string of the molecule is CCC(Cl)c1noc(C(C)S(C)(=O)=O)n1. The van der Waals surface area contributed by atoms with E-state index in [-0.39, 0.29) is 11.3 Å². The zero-order chi connectivity index (χ0) is 11.6. The first kappa shape index (κ1) is 12.4. The number of halogens is 1. The van der Waals surface area contributed by atoms with Crippen LogP contribution in [0.5, 0.6) is 0 Å². The van der Waals surface area contributed by atoms with Crippen LogP contribution in [0.1, 0.15) is 42.6 Å². The van der Waals surface area contributed by atoms with Gasteiger partial charge in [0, 0.05) is 6.26 Å². The molecule has 0 aliphatic carbocycles. The maximum absolute atomic E-state index is 11.2. The fourth-order valence-electron chi connectivity index (χ4n) is 0.905. The molecule has 0 spiro atoms. The lowest BCUT2D eigenvalue weighted by Crippen LogP contribution is -2.08. The summed E-state index contributed by atoms with van der Waals surface area (Å²) in [4.78, 5) is 3.96. The standard InChI is InChI=1S/C8H13ClN2O3S/c1-4-6(9)7-10-8(14-11-7)5(2)15(3,12)13/h5-6H,4H2,1-3H3. The van der Waals surface area contributed by atoms with Crippen LogP contribution in [-0.4, -0.2) is 24.8 Å². The molecule has 7 heteroatoms. The van der Waals surface area contributed by atoms with E-state index in [2.05, 4.69) is 10.1 Å². The van der Waals surface area contributed by atoms with Gasteiger partial charge in [0.2, 0.25) is 5.89 Å². The molecule has 0 radical (unpaired) electrons. The van der Waals surface area contributed by atoms with Crippen molar-refractivity contribution < 1.29 is 12.9 Å². The molecule has 2 unspecified atom stereocenters. The maximum Gasteiger partial charge on any atom is 0.244 e. The number of aromatic nitrogens is 2. The molecule has 0 saturated heterocycles. The van der Waals surface area contributed by atoms with Crippen molar-refractivity contribution >= 4 is 21.4 Å². The molecule has 1 aromatic heterocycles. The molecule has 0 N–H and O–H groups in total. The highest BCUT2D eigenvalue weighted by Gasteiger charge is 2.25. The lowest BCUT2D eigenvalue weighted by atomic mass is 10.3. The Hall–Kier alpha value is -0.620. The number of alkyl halides is 1. The van der Waals surface area contributed by atoms with E-state index in [0.29, 0.717) is 12.2 Å². The Kier molecular flexibility index (Phi) is 3.72. The second kappa shape index (κ2) is 4.49. The Bertz CT molecular complexity index is 429. The smallest absolute Gasteiger partial charge is 0.244 e. The van der Waals surface area contributed by atoms with Gasteiger partial charge in [-0.15, -0.1) is 11.6 Å². The van der Waals surface area contributed by atoms with Crippen molar-refractivity contribution in [3.05, 3.63) is 11.7 Å². The minimum absolute atomic E-state index is 0.0894. The molecule has 15 heavy (non-hydrogen) atoms. The third-order valence-electron chi connectivity index (χ3n) is 2.09. The van der Waals surface area contributed by atoms with Crippen molar-refractivity contribution in [3.8, 4) is 0 Å². The number of nitrogens with zero attached hydrogens (tertiary/aromatic N) is 2. The van der Waals surface area contributed by atoms with Gasteiger partial charge in [0.05, 0.1) is 5.38 Å². The van der Waals surface area contributed by atoms with Crippen molar-refractivity contribution in [3.63, 3.8) is 0 Å². The summed E-state index contributed by atoms with van der Waals surface area (Å²) in [5.41, 5.74) is 0. The zero-order valence-electron chi connectivity index (χ0n) is 8.77. The minimum Gasteiger partial charge on any atom is -0.338 e. The first-order valence-electron chi connectivity index (χ1n) is 4.52. The van der Waals surface area contributed by atoms with Gasteiger partial charge in [-0.05, 0) is 13.3 Å². The quantitative estimate of drug-likeness (QED) is 0.765. The molecule has 1 aromatic rings. The molecule has 0 fully saturated rings. The second-order valence-corrected chi connectivity index (χ2v) is 6.23. The predicted molar refractivity (Wildman–Crippen MR) is 56.4 cm³/mol. The first-order chi connectivity index (χ1) is 6.86. The molecule has 5 nitrogen and oxygen atoms in total. The molecule has 0 aliphatic rings. The third kappa shape index (κ3) is 2.92. The average molecular weight is 253 g/mol. The summed E-state index contributed by atoms with van der Waals surface area (Å²) in [5.74, 6) is 0.427. The van der Waals surface area contributed by atoms with Crippen molar-refractivity contribution in [2.45, 2.75) is 30.9 Å². The van der Waals surface area contributed by atoms with Gasteiger partial charge in [-0.1, -0.05) is 12.1 Å². The Morgan fingerprint density at radius 1 is 1.53 bits per heavy atom. The topological polar surface area (TPSA) is 73.1 Å². The fourth-order valence-corrected chi connectivity index (χ4v) is 1.46. The molecule has 1 rings (SSSR count). The fraction of sp³-hybridized carbons (Fsp3) is 0.750. The van der Waals surface area contributed by atoms with Crippen molar-refractivity contribution in [1.29, 1.82) is 0 Å². The molecule has 0 amide bonds. The molecule has 0 saturated carbocycles. The lowest BCUT2D eigenvalue weighted by molar-refractivity contribution is 0.371. The third-order valence-corrected chi connectivity index (χ3v) is 4.08. The summed E-state index contributed by atoms with van der Waals surface area (Å²) in [5, 5.41) is 2.51. The number of rotatable bonds is 4. The molecule has 2 atom stereocenters. The van der Waals surface area contributed by atoms with Gasteiger partial charge in [-0.2, -0.15) is 4.98 Å². The van der Waals surface area contributed by atoms with Gasteiger partial charge in [0.1, 0.15) is 5.25 Å². The van der Waals surface area contributed by atoms with Gasteiger partial charge in [0.25, 0.3) is 0 Å². The van der Waals surface area contributed by atoms with Crippen LogP contribution in [0.25, 0.3) is 0 Å². The lowest BCUT2D eigenvalue weighted by Gasteiger charge is -2.01. The number of sulfone groups is 1. The Labute approximate surface area is 93.7 Å². The van der Waals surface area contributed by atoms with Crippen LogP contribution in [0.15, 0.2) is 4.52 Å². The summed E-state index contributed by atoms with van der Waals surface area (Å²) >= 11 is 5.89. The summed E-state index contributed by atoms with van der Waals surface area (Å²) in [6, 6.07) is 0. The van der Waals surface area contributed by atoms with Crippen LogP contribution in [0.3, 0.4) is 0 Å². The Balaban J connectivity index is 2.94. The minimum atomic E-state index is -3.21. The van der Waals surface area contributed by atoms with Gasteiger partial charge < -0.3 is 4.52 Å². The molecular weight excluding hydrogens is 240 g/mol. The van der Waals surface area contributed by atoms with E-state index in [4.69, 9.17) is 16.1 Å². The molecular formula is C8H13ClN2O3S. The van der Waals surface area contributed by atoms with Crippen LogP contribution >= 0.6 is 11.6 Å². The van der Waals surface area contributed by atoms with Crippen LogP contribution in [0, 0.1) is 0 Å². The highest BCUT2D eigenvalue weighted by Crippen LogP contribution is 2.24. The first-order valence-corrected chi connectivity index (χ1v) is 6.91. The van der Waals surface area contributed by atoms with E-state index in [1.54, 1.807) is 0 Å². The Morgan fingerprint density at radius 3 is 2.60 bits per heavy atom. The maximum atomic E-state index is 11.2. The van der Waals surface area contributed by atoms with Crippen LogP contribution < -0.4 is 0 Å². The summed E-state index contributed by atoms with van der Waals surface area (Å²) < 4.78 is 27.3. The van der Waals surface area contributed by atoms with Crippen molar-refractivity contribution in [2.24, 2.45) is 0 Å². The highest BCUT2D eigenvalue weighted by atomic mass is 35.5. The second-order valence-electron chi connectivity index (χ2n) is 3.34. The molecule has 1 heterocycles. The molecule has 0 bridgehead atoms. The zero-order valence-corrected chi connectivity index (χ0v) is 10.3. The highest BCUT2D eigenvalue weighted by molar-refractivity contribution is 7.90. The normalized spacial score (nSPS) is 16.3. The van der Waals surface area contributed by atoms with Gasteiger partial charge in [0.15, 0.2) is 15.7 Å². The van der Waals surface area contributed by atoms with Crippen LogP contribution in [0.4, 0.5) is 0 Å². The number of hydrogen-bond acceptors (Lipinski definition) is 5. The van der Waals surface area contributed by atoms with Gasteiger partial charge in [-0.25, -0.2) is 8.42 Å². The van der Waals surface area contributed by atoms with Crippen molar-refractivity contribution in [1.82, 2.24) is 10.1 Å². The van der Waals surface area contributed by atoms with E-state index in [9.17, 15) is 8.42 Å². The number of hydrogen-bond donors (Lipinski definition) is 0. The summed E-state index contributed by atoms with van der Waals surface area (Å²) in [6.45, 7) is 3.38. The Morgan fingerprint density at radius 2 is 2.13 bits per heavy atom. The summed E-state index contributed by atoms with van der Waals surface area (Å²) in [6.07, 6.45) is 1.79. The largest absolute Gasteiger partial charge is 0.338 e. The van der Waals surface area contributed by atoms with E-state index in [1.807, 2.05) is 6.92 Å². The molecule has 0 aliphatic heterocycles. The molecule has 0 aromatic carbocycles. The van der Waals surface area contributed by atoms with Gasteiger partial charge in [-0.3, -0.25) is 0 Å². The van der Waals surface area contributed by atoms with Gasteiger partial charge >= 0.3 is 0 Å². The van der Waals surface area contributed by atoms with E-state index < -0.39 is 15.1 Å². The summed E-state index contributed by atoms with van der Waals surface area (Å²) in [7, 11) is -3.21. The predicted octanol–water partition coefficient (Wildman–Crippen LogP) is 1.87. The molecule has 86 valence electrons. The van der Waals surface area contributed by atoms with E-state index in [1.165, 1.54) is 6.92 Å². The van der Waals surface area contributed by atoms with Crippen LogP contribution in [0.2, 0.25) is 0 Å². The van der Waals surface area contributed by atoms with E-state index in [0.717, 1.165) is 6.26 Å². The van der Waals surface area contributed by atoms with Crippen molar-refractivity contribution in [2.75, 3.05) is 6.26 Å². The monoisotopic (exact) mass is 252 g/mol. The van der Waals surface area contributed by atoms with E-state index >= 15 is 0 Å².